The van der Waals surface area contributed by atoms with Crippen molar-refractivity contribution >= 4 is 17.6 Å². The number of para-hydroxylation sites is 2. The Morgan fingerprint density at radius 3 is 2.16 bits per heavy atom. The Bertz CT molecular complexity index is 905. The third-order valence-corrected chi connectivity index (χ3v) is 4.11. The van der Waals surface area contributed by atoms with E-state index >= 15 is 0 Å². The molecule has 0 aliphatic carbocycles. The minimum Gasteiger partial charge on any atom is -0.285 e. The first kappa shape index (κ1) is 15.1. The number of carbonyl (C=O) groups excluding carboxylic acids is 2. The Morgan fingerprint density at radius 1 is 0.840 bits per heavy atom. The van der Waals surface area contributed by atoms with Crippen molar-refractivity contribution in [2.24, 2.45) is 0 Å². The van der Waals surface area contributed by atoms with E-state index in [2.05, 4.69) is 5.10 Å². The third-order valence-electron chi connectivity index (χ3n) is 4.11. The molecule has 1 aliphatic heterocycles. The van der Waals surface area contributed by atoms with Crippen LogP contribution in [0, 0.1) is 0 Å². The van der Waals surface area contributed by atoms with Gasteiger partial charge in [-0.1, -0.05) is 36.4 Å². The zero-order chi connectivity index (χ0) is 17.2. The number of anilines is 1. The Labute approximate surface area is 144 Å². The van der Waals surface area contributed by atoms with E-state index in [1.165, 1.54) is 9.80 Å². The largest absolute Gasteiger partial charge is 0.332 e. The standard InChI is InChI=1S/C19H16N4O2/c24-18-14-21(16-7-3-1-4-8-16)19(25)22(18)13-15-11-12-23(20-15)17-9-5-2-6-10-17/h1-12H,13-14H2. The quantitative estimate of drug-likeness (QED) is 0.690. The van der Waals surface area contributed by atoms with Crippen LogP contribution >= 0.6 is 0 Å². The van der Waals surface area contributed by atoms with Gasteiger partial charge in [0.1, 0.15) is 6.54 Å². The minimum absolute atomic E-state index is 0.0578. The number of benzene rings is 2. The Hall–Kier alpha value is -3.41. The second-order valence-electron chi connectivity index (χ2n) is 5.77. The summed E-state index contributed by atoms with van der Waals surface area (Å²) in [6, 6.07) is 20.4. The topological polar surface area (TPSA) is 58.4 Å². The molecule has 0 bridgehead atoms. The van der Waals surface area contributed by atoms with E-state index in [1.54, 1.807) is 4.68 Å². The van der Waals surface area contributed by atoms with Crippen molar-refractivity contribution in [2.75, 3.05) is 11.4 Å². The highest BCUT2D eigenvalue weighted by molar-refractivity contribution is 6.12. The summed E-state index contributed by atoms with van der Waals surface area (Å²) in [4.78, 5) is 27.6. The van der Waals surface area contributed by atoms with Crippen molar-refractivity contribution in [2.45, 2.75) is 6.54 Å². The van der Waals surface area contributed by atoms with Crippen molar-refractivity contribution in [3.05, 3.63) is 78.6 Å². The van der Waals surface area contributed by atoms with Crippen LogP contribution in [0.15, 0.2) is 72.9 Å². The van der Waals surface area contributed by atoms with E-state index in [4.69, 9.17) is 0 Å². The van der Waals surface area contributed by atoms with Gasteiger partial charge in [-0.2, -0.15) is 5.10 Å². The molecular formula is C19H16N4O2. The molecule has 1 saturated heterocycles. The Morgan fingerprint density at radius 2 is 1.48 bits per heavy atom. The number of carbonyl (C=O) groups is 2. The van der Waals surface area contributed by atoms with E-state index in [-0.39, 0.29) is 25.0 Å². The monoisotopic (exact) mass is 332 g/mol. The highest BCUT2D eigenvalue weighted by Crippen LogP contribution is 2.22. The number of hydrogen-bond acceptors (Lipinski definition) is 3. The summed E-state index contributed by atoms with van der Waals surface area (Å²) >= 11 is 0. The number of hydrogen-bond donors (Lipinski definition) is 0. The van der Waals surface area contributed by atoms with Crippen molar-refractivity contribution in [3.63, 3.8) is 0 Å². The maximum atomic E-state index is 12.6. The summed E-state index contributed by atoms with van der Waals surface area (Å²) in [5.74, 6) is -0.219. The van der Waals surface area contributed by atoms with E-state index in [9.17, 15) is 9.59 Å². The first-order chi connectivity index (χ1) is 12.2. The lowest BCUT2D eigenvalue weighted by molar-refractivity contribution is -0.125. The van der Waals surface area contributed by atoms with Crippen LogP contribution in [0.2, 0.25) is 0 Å². The van der Waals surface area contributed by atoms with Gasteiger partial charge >= 0.3 is 6.03 Å². The molecule has 0 radical (unpaired) electrons. The molecule has 0 N–H and O–H groups in total. The second kappa shape index (κ2) is 6.24. The number of imide groups is 1. The van der Waals surface area contributed by atoms with Crippen LogP contribution in [0.3, 0.4) is 0 Å². The fraction of sp³-hybridized carbons (Fsp3) is 0.105. The van der Waals surface area contributed by atoms with Crippen molar-refractivity contribution < 1.29 is 9.59 Å². The normalized spacial score (nSPS) is 14.4. The molecule has 6 heteroatoms. The molecule has 1 aliphatic rings. The van der Waals surface area contributed by atoms with Crippen molar-refractivity contribution in [1.29, 1.82) is 0 Å². The van der Waals surface area contributed by atoms with Crippen molar-refractivity contribution in [1.82, 2.24) is 14.7 Å². The second-order valence-corrected chi connectivity index (χ2v) is 5.77. The number of rotatable bonds is 4. The predicted octanol–water partition coefficient (Wildman–Crippen LogP) is 2.84. The Kier molecular flexibility index (Phi) is 3.78. The van der Waals surface area contributed by atoms with E-state index < -0.39 is 0 Å². The van der Waals surface area contributed by atoms with Crippen LogP contribution in [0.4, 0.5) is 10.5 Å². The maximum Gasteiger partial charge on any atom is 0.332 e. The summed E-state index contributed by atoms with van der Waals surface area (Å²) < 4.78 is 1.73. The van der Waals surface area contributed by atoms with Gasteiger partial charge < -0.3 is 0 Å². The van der Waals surface area contributed by atoms with Crippen LogP contribution in [-0.4, -0.2) is 33.2 Å². The fourth-order valence-electron chi connectivity index (χ4n) is 2.84. The van der Waals surface area contributed by atoms with Gasteiger partial charge in [-0.3, -0.25) is 14.6 Å². The predicted molar refractivity (Wildman–Crippen MR) is 93.3 cm³/mol. The molecule has 0 spiro atoms. The maximum absolute atomic E-state index is 12.6. The average molecular weight is 332 g/mol. The molecule has 1 aromatic heterocycles. The van der Waals surface area contributed by atoms with Gasteiger partial charge in [0.15, 0.2) is 0 Å². The van der Waals surface area contributed by atoms with Crippen LogP contribution in [0.1, 0.15) is 5.69 Å². The van der Waals surface area contributed by atoms with Crippen LogP contribution in [0.25, 0.3) is 5.69 Å². The Balaban J connectivity index is 1.52. The van der Waals surface area contributed by atoms with Gasteiger partial charge in [0.25, 0.3) is 5.91 Å². The van der Waals surface area contributed by atoms with Crippen molar-refractivity contribution in [3.8, 4) is 5.69 Å². The summed E-state index contributed by atoms with van der Waals surface area (Å²) in [5, 5.41) is 4.46. The lowest BCUT2D eigenvalue weighted by Crippen LogP contribution is -2.32. The highest BCUT2D eigenvalue weighted by atomic mass is 16.2. The summed E-state index contributed by atoms with van der Waals surface area (Å²) in [6.07, 6.45) is 1.82. The summed E-state index contributed by atoms with van der Waals surface area (Å²) in [5.41, 5.74) is 2.32. The first-order valence-electron chi connectivity index (χ1n) is 7.99. The highest BCUT2D eigenvalue weighted by Gasteiger charge is 2.37. The van der Waals surface area contributed by atoms with E-state index in [0.29, 0.717) is 5.69 Å². The molecule has 0 atom stereocenters. The van der Waals surface area contributed by atoms with Crippen LogP contribution < -0.4 is 4.90 Å². The van der Waals surface area contributed by atoms with E-state index in [0.717, 1.165) is 11.4 Å². The number of urea groups is 1. The van der Waals surface area contributed by atoms with Gasteiger partial charge in [-0.15, -0.1) is 0 Å². The molecule has 25 heavy (non-hydrogen) atoms. The third kappa shape index (κ3) is 2.89. The molecule has 0 unspecified atom stereocenters. The minimum atomic E-state index is -0.314. The molecule has 1 fully saturated rings. The van der Waals surface area contributed by atoms with Crippen LogP contribution in [-0.2, 0) is 11.3 Å². The molecule has 6 nitrogen and oxygen atoms in total. The molecule has 0 saturated carbocycles. The van der Waals surface area contributed by atoms with Gasteiger partial charge in [0.05, 0.1) is 17.9 Å². The zero-order valence-corrected chi connectivity index (χ0v) is 13.4. The summed E-state index contributed by atoms with van der Waals surface area (Å²) in [6.45, 7) is 0.225. The smallest absolute Gasteiger partial charge is 0.285 e. The van der Waals surface area contributed by atoms with Gasteiger partial charge in [0, 0.05) is 11.9 Å². The first-order valence-corrected chi connectivity index (χ1v) is 7.99. The average Bonchev–Trinajstić information content (AvgIpc) is 3.23. The summed E-state index contributed by atoms with van der Waals surface area (Å²) in [7, 11) is 0. The van der Waals surface area contributed by atoms with Gasteiger partial charge in [-0.25, -0.2) is 9.48 Å². The molecule has 3 amide bonds. The fourth-order valence-corrected chi connectivity index (χ4v) is 2.84. The lowest BCUT2D eigenvalue weighted by Gasteiger charge is -2.16. The number of amides is 3. The SMILES string of the molecule is O=C1CN(c2ccccc2)C(=O)N1Cc1ccn(-c2ccccc2)n1. The van der Waals surface area contributed by atoms with E-state index in [1.807, 2.05) is 72.9 Å². The molecule has 2 aromatic carbocycles. The van der Waals surface area contributed by atoms with Gasteiger partial charge in [0.2, 0.25) is 0 Å². The lowest BCUT2D eigenvalue weighted by atomic mass is 10.3. The molecule has 124 valence electrons. The number of nitrogens with zero attached hydrogens (tertiary/aromatic N) is 4. The number of aromatic nitrogens is 2. The molecular weight excluding hydrogens is 316 g/mol. The van der Waals surface area contributed by atoms with Gasteiger partial charge in [-0.05, 0) is 30.3 Å². The zero-order valence-electron chi connectivity index (χ0n) is 13.4. The molecule has 4 rings (SSSR count). The van der Waals surface area contributed by atoms with Crippen LogP contribution in [0.5, 0.6) is 0 Å². The molecule has 3 aromatic rings. The molecule has 2 heterocycles.